The molecule has 3 aromatic rings. The van der Waals surface area contributed by atoms with Gasteiger partial charge in [-0.2, -0.15) is 0 Å². The van der Waals surface area contributed by atoms with E-state index in [-0.39, 0.29) is 10.8 Å². The van der Waals surface area contributed by atoms with E-state index < -0.39 is 12.6 Å². The lowest BCUT2D eigenvalue weighted by molar-refractivity contribution is -0.139. The molecule has 2 aromatic carbocycles. The molecule has 0 bridgehead atoms. The fourth-order valence-electron chi connectivity index (χ4n) is 2.02. The van der Waals surface area contributed by atoms with Gasteiger partial charge in [-0.1, -0.05) is 40.5 Å². The zero-order chi connectivity index (χ0) is 15.7. The molecule has 0 radical (unpaired) electrons. The van der Waals surface area contributed by atoms with Gasteiger partial charge in [-0.25, -0.2) is 4.79 Å². The Kier molecular flexibility index (Phi) is 3.92. The smallest absolute Gasteiger partial charge is 0.341 e. The van der Waals surface area contributed by atoms with E-state index in [1.54, 1.807) is 24.3 Å². The molecule has 1 N–H and O–H groups in total. The molecule has 0 saturated heterocycles. The summed E-state index contributed by atoms with van der Waals surface area (Å²) in [5, 5.41) is 14.2. The number of rotatable bonds is 4. The summed E-state index contributed by atoms with van der Waals surface area (Å²) in [5.41, 5.74) is 1.80. The Hall–Kier alpha value is -2.24. The van der Waals surface area contributed by atoms with Crippen LogP contribution in [0.5, 0.6) is 5.75 Å². The van der Waals surface area contributed by atoms with Gasteiger partial charge in [-0.15, -0.1) is 0 Å². The SMILES string of the molecule is O=C(O)COc1ccc2c(-c3ccc(Cl)cc3)noc2c1Cl. The Bertz CT molecular complexity index is 843. The molecule has 0 aliphatic heterocycles. The van der Waals surface area contributed by atoms with Gasteiger partial charge in [-0.3, -0.25) is 0 Å². The van der Waals surface area contributed by atoms with Crippen molar-refractivity contribution in [3.63, 3.8) is 0 Å². The molecule has 1 aromatic heterocycles. The lowest BCUT2D eigenvalue weighted by Crippen LogP contribution is -2.09. The predicted octanol–water partition coefficient (Wildman–Crippen LogP) is 4.27. The highest BCUT2D eigenvalue weighted by Crippen LogP contribution is 2.37. The van der Waals surface area contributed by atoms with Crippen LogP contribution in [-0.4, -0.2) is 22.8 Å². The Balaban J connectivity index is 2.03. The first-order chi connectivity index (χ1) is 10.6. The minimum Gasteiger partial charge on any atom is -0.480 e. The van der Waals surface area contributed by atoms with E-state index >= 15 is 0 Å². The highest BCUT2D eigenvalue weighted by Gasteiger charge is 2.17. The van der Waals surface area contributed by atoms with Crippen molar-refractivity contribution in [2.45, 2.75) is 0 Å². The summed E-state index contributed by atoms with van der Waals surface area (Å²) in [6.07, 6.45) is 0. The summed E-state index contributed by atoms with van der Waals surface area (Å²) >= 11 is 12.0. The quantitative estimate of drug-likeness (QED) is 0.769. The number of carbonyl (C=O) groups is 1. The molecule has 0 saturated carbocycles. The number of aliphatic carboxylic acids is 1. The molecular weight excluding hydrogens is 329 g/mol. The van der Waals surface area contributed by atoms with Crippen LogP contribution in [0.1, 0.15) is 0 Å². The number of hydrogen-bond donors (Lipinski definition) is 1. The number of benzene rings is 2. The summed E-state index contributed by atoms with van der Waals surface area (Å²) < 4.78 is 10.4. The molecule has 5 nitrogen and oxygen atoms in total. The maximum Gasteiger partial charge on any atom is 0.341 e. The van der Waals surface area contributed by atoms with Crippen molar-refractivity contribution in [3.8, 4) is 17.0 Å². The van der Waals surface area contributed by atoms with E-state index in [9.17, 15) is 4.79 Å². The van der Waals surface area contributed by atoms with Gasteiger partial charge in [0, 0.05) is 10.6 Å². The minimum absolute atomic E-state index is 0.187. The number of hydrogen-bond acceptors (Lipinski definition) is 4. The molecule has 22 heavy (non-hydrogen) atoms. The van der Waals surface area contributed by atoms with Crippen LogP contribution in [0.3, 0.4) is 0 Å². The number of carboxylic acid groups (broad SMARTS) is 1. The van der Waals surface area contributed by atoms with Crippen molar-refractivity contribution in [1.82, 2.24) is 5.16 Å². The third kappa shape index (κ3) is 2.73. The number of halogens is 2. The third-order valence-corrected chi connectivity index (χ3v) is 3.62. The van der Waals surface area contributed by atoms with Gasteiger partial charge in [0.1, 0.15) is 16.5 Å². The van der Waals surface area contributed by atoms with Crippen LogP contribution in [0, 0.1) is 0 Å². The van der Waals surface area contributed by atoms with Crippen LogP contribution >= 0.6 is 23.2 Å². The summed E-state index contributed by atoms with van der Waals surface area (Å²) in [7, 11) is 0. The van der Waals surface area contributed by atoms with Crippen molar-refractivity contribution in [1.29, 1.82) is 0 Å². The van der Waals surface area contributed by atoms with Crippen LogP contribution in [0.25, 0.3) is 22.2 Å². The molecule has 0 atom stereocenters. The van der Waals surface area contributed by atoms with Gasteiger partial charge in [0.05, 0.1) is 5.39 Å². The monoisotopic (exact) mass is 337 g/mol. The second-order valence-electron chi connectivity index (χ2n) is 4.47. The lowest BCUT2D eigenvalue weighted by atomic mass is 10.1. The molecule has 0 aliphatic rings. The topological polar surface area (TPSA) is 72.6 Å². The number of nitrogens with zero attached hydrogens (tertiary/aromatic N) is 1. The highest BCUT2D eigenvalue weighted by atomic mass is 35.5. The molecule has 7 heteroatoms. The molecule has 0 unspecified atom stereocenters. The molecule has 3 rings (SSSR count). The van der Waals surface area contributed by atoms with Gasteiger partial charge in [0.25, 0.3) is 0 Å². The highest BCUT2D eigenvalue weighted by molar-refractivity contribution is 6.36. The molecule has 0 spiro atoms. The molecule has 0 fully saturated rings. The maximum absolute atomic E-state index is 10.5. The van der Waals surface area contributed by atoms with Crippen molar-refractivity contribution in [2.75, 3.05) is 6.61 Å². The fourth-order valence-corrected chi connectivity index (χ4v) is 2.40. The largest absolute Gasteiger partial charge is 0.480 e. The first-order valence-electron chi connectivity index (χ1n) is 6.24. The third-order valence-electron chi connectivity index (χ3n) is 3.01. The fraction of sp³-hybridized carbons (Fsp3) is 0.0667. The first kappa shape index (κ1) is 14.7. The van der Waals surface area contributed by atoms with E-state index in [4.69, 9.17) is 37.6 Å². The normalized spacial score (nSPS) is 10.8. The number of ether oxygens (including phenoxy) is 1. The number of carboxylic acids is 1. The Labute approximate surface area is 135 Å². The number of aromatic nitrogens is 1. The summed E-state index contributed by atoms with van der Waals surface area (Å²) in [4.78, 5) is 10.5. The molecular formula is C15H9Cl2NO4. The van der Waals surface area contributed by atoms with Gasteiger partial charge in [0.2, 0.25) is 0 Å². The van der Waals surface area contributed by atoms with E-state index in [1.807, 2.05) is 12.1 Å². The van der Waals surface area contributed by atoms with E-state index in [0.717, 1.165) is 5.56 Å². The average molecular weight is 338 g/mol. The van der Waals surface area contributed by atoms with Crippen molar-refractivity contribution in [2.24, 2.45) is 0 Å². The van der Waals surface area contributed by atoms with Gasteiger partial charge in [0.15, 0.2) is 12.2 Å². The van der Waals surface area contributed by atoms with Crippen LogP contribution in [0.4, 0.5) is 0 Å². The minimum atomic E-state index is -1.09. The van der Waals surface area contributed by atoms with Crippen molar-refractivity contribution < 1.29 is 19.2 Å². The Morgan fingerprint density at radius 2 is 1.91 bits per heavy atom. The zero-order valence-corrected chi connectivity index (χ0v) is 12.6. The van der Waals surface area contributed by atoms with Crippen molar-refractivity contribution >= 4 is 40.1 Å². The van der Waals surface area contributed by atoms with Crippen LogP contribution in [0.15, 0.2) is 40.9 Å². The van der Waals surface area contributed by atoms with Gasteiger partial charge >= 0.3 is 5.97 Å². The Morgan fingerprint density at radius 1 is 1.18 bits per heavy atom. The summed E-state index contributed by atoms with van der Waals surface area (Å²) in [5.74, 6) is -0.856. The van der Waals surface area contributed by atoms with E-state index in [1.165, 1.54) is 0 Å². The van der Waals surface area contributed by atoms with Crippen LogP contribution in [0.2, 0.25) is 10.0 Å². The second kappa shape index (κ2) is 5.87. The molecule has 112 valence electrons. The van der Waals surface area contributed by atoms with E-state index in [2.05, 4.69) is 5.16 Å². The average Bonchev–Trinajstić information content (AvgIpc) is 2.92. The standard InChI is InChI=1S/C15H9Cl2NO4/c16-9-3-1-8(2-4-9)14-10-5-6-11(21-7-12(19)20)13(17)15(10)22-18-14/h1-6H,7H2,(H,19,20). The van der Waals surface area contributed by atoms with Gasteiger partial charge < -0.3 is 14.4 Å². The molecule has 0 aliphatic carbocycles. The second-order valence-corrected chi connectivity index (χ2v) is 5.29. The Morgan fingerprint density at radius 3 is 2.59 bits per heavy atom. The zero-order valence-electron chi connectivity index (χ0n) is 11.0. The summed E-state index contributed by atoms with van der Waals surface area (Å²) in [6.45, 7) is -0.483. The van der Waals surface area contributed by atoms with Crippen LogP contribution in [-0.2, 0) is 4.79 Å². The van der Waals surface area contributed by atoms with Gasteiger partial charge in [-0.05, 0) is 24.3 Å². The first-order valence-corrected chi connectivity index (χ1v) is 7.00. The molecule has 1 heterocycles. The van der Waals surface area contributed by atoms with Crippen molar-refractivity contribution in [3.05, 3.63) is 46.4 Å². The summed E-state index contributed by atoms with van der Waals surface area (Å²) in [6, 6.07) is 10.5. The maximum atomic E-state index is 10.5. The van der Waals surface area contributed by atoms with E-state index in [0.29, 0.717) is 21.7 Å². The molecule has 0 amide bonds. The number of fused-ring (bicyclic) bond motifs is 1. The lowest BCUT2D eigenvalue weighted by Gasteiger charge is -2.05. The predicted molar refractivity (Wildman–Crippen MR) is 82.6 cm³/mol. The van der Waals surface area contributed by atoms with Crippen LogP contribution < -0.4 is 4.74 Å².